The molecular formula is C11H11ClFN3O. The minimum atomic E-state index is -0.568. The van der Waals surface area contributed by atoms with Gasteiger partial charge in [-0.1, -0.05) is 0 Å². The molecule has 1 saturated heterocycles. The maximum atomic E-state index is 13.6. The van der Waals surface area contributed by atoms with Gasteiger partial charge in [-0.25, -0.2) is 4.39 Å². The van der Waals surface area contributed by atoms with Crippen LogP contribution in [0.5, 0.6) is 0 Å². The smallest absolute Gasteiger partial charge is 0.244 e. The van der Waals surface area contributed by atoms with E-state index in [-0.39, 0.29) is 29.6 Å². The van der Waals surface area contributed by atoms with Crippen molar-refractivity contribution in [2.45, 2.75) is 12.5 Å². The van der Waals surface area contributed by atoms with E-state index in [4.69, 9.17) is 11.0 Å². The first-order valence-corrected chi connectivity index (χ1v) is 4.90. The number of nitrogens with two attached hydrogens (primary N) is 1. The molecule has 0 unspecified atom stereocenters. The number of anilines is 1. The molecule has 1 atom stereocenters. The highest BCUT2D eigenvalue weighted by atomic mass is 35.5. The molecule has 2 N–H and O–H groups in total. The van der Waals surface area contributed by atoms with Gasteiger partial charge in [0.2, 0.25) is 5.91 Å². The molecule has 0 saturated carbocycles. The Balaban J connectivity index is 0.00000144. The normalized spacial score (nSPS) is 18.8. The van der Waals surface area contributed by atoms with Gasteiger partial charge in [0.05, 0.1) is 23.4 Å². The van der Waals surface area contributed by atoms with Crippen LogP contribution in [0.25, 0.3) is 0 Å². The number of hydrogen-bond acceptors (Lipinski definition) is 3. The van der Waals surface area contributed by atoms with Crippen LogP contribution in [-0.2, 0) is 4.79 Å². The summed E-state index contributed by atoms with van der Waals surface area (Å²) >= 11 is 0. The van der Waals surface area contributed by atoms with E-state index in [0.717, 1.165) is 6.07 Å². The average molecular weight is 256 g/mol. The van der Waals surface area contributed by atoms with Crippen molar-refractivity contribution in [2.24, 2.45) is 5.73 Å². The van der Waals surface area contributed by atoms with Crippen LogP contribution in [0.3, 0.4) is 0 Å². The summed E-state index contributed by atoms with van der Waals surface area (Å²) in [5, 5.41) is 8.60. The molecule has 17 heavy (non-hydrogen) atoms. The first-order valence-electron chi connectivity index (χ1n) is 4.90. The molecule has 1 amide bonds. The van der Waals surface area contributed by atoms with Crippen molar-refractivity contribution in [3.05, 3.63) is 29.6 Å². The lowest BCUT2D eigenvalue weighted by Crippen LogP contribution is -2.34. The third-order valence-corrected chi connectivity index (χ3v) is 2.61. The monoisotopic (exact) mass is 255 g/mol. The Hall–Kier alpha value is -1.64. The second kappa shape index (κ2) is 5.13. The lowest BCUT2D eigenvalue weighted by molar-refractivity contribution is -0.118. The molecule has 0 spiro atoms. The Bertz CT molecular complexity index is 486. The van der Waals surface area contributed by atoms with Gasteiger partial charge in [-0.05, 0) is 24.6 Å². The second-order valence-corrected chi connectivity index (χ2v) is 3.66. The first kappa shape index (κ1) is 13.4. The summed E-state index contributed by atoms with van der Waals surface area (Å²) in [7, 11) is 0. The maximum absolute atomic E-state index is 13.6. The fourth-order valence-electron chi connectivity index (χ4n) is 1.74. The fourth-order valence-corrected chi connectivity index (χ4v) is 1.74. The van der Waals surface area contributed by atoms with E-state index in [1.807, 2.05) is 6.07 Å². The highest BCUT2D eigenvalue weighted by Gasteiger charge is 2.30. The van der Waals surface area contributed by atoms with Gasteiger partial charge < -0.3 is 10.6 Å². The van der Waals surface area contributed by atoms with E-state index in [1.54, 1.807) is 0 Å². The number of rotatable bonds is 1. The molecule has 2 rings (SSSR count). The Morgan fingerprint density at radius 2 is 2.24 bits per heavy atom. The Labute approximate surface area is 104 Å². The third kappa shape index (κ3) is 2.38. The van der Waals surface area contributed by atoms with Gasteiger partial charge in [0.1, 0.15) is 5.82 Å². The fraction of sp³-hybridized carbons (Fsp3) is 0.273. The van der Waals surface area contributed by atoms with Crippen LogP contribution in [-0.4, -0.2) is 18.5 Å². The Kier molecular flexibility index (Phi) is 4.05. The summed E-state index contributed by atoms with van der Waals surface area (Å²) < 4.78 is 13.6. The van der Waals surface area contributed by atoms with Gasteiger partial charge in [0.15, 0.2) is 0 Å². The van der Waals surface area contributed by atoms with E-state index in [0.29, 0.717) is 13.0 Å². The molecule has 1 heterocycles. The molecule has 0 bridgehead atoms. The molecule has 0 radical (unpaired) electrons. The van der Waals surface area contributed by atoms with Crippen molar-refractivity contribution in [3.8, 4) is 6.07 Å². The molecule has 1 fully saturated rings. The zero-order valence-electron chi connectivity index (χ0n) is 8.89. The highest BCUT2D eigenvalue weighted by Crippen LogP contribution is 2.24. The van der Waals surface area contributed by atoms with E-state index >= 15 is 0 Å². The van der Waals surface area contributed by atoms with Gasteiger partial charge in [0.25, 0.3) is 0 Å². The number of amides is 1. The number of carbonyl (C=O) groups is 1. The molecule has 1 aliphatic rings. The summed E-state index contributed by atoms with van der Waals surface area (Å²) in [6.45, 7) is 0.419. The molecule has 6 heteroatoms. The van der Waals surface area contributed by atoms with E-state index < -0.39 is 11.9 Å². The molecule has 0 aliphatic carbocycles. The van der Waals surface area contributed by atoms with Crippen molar-refractivity contribution < 1.29 is 9.18 Å². The van der Waals surface area contributed by atoms with E-state index in [1.165, 1.54) is 17.0 Å². The number of hydrogen-bond donors (Lipinski definition) is 1. The lowest BCUT2D eigenvalue weighted by atomic mass is 10.2. The van der Waals surface area contributed by atoms with Gasteiger partial charge >= 0.3 is 0 Å². The maximum Gasteiger partial charge on any atom is 0.244 e. The molecule has 1 aromatic carbocycles. The van der Waals surface area contributed by atoms with Gasteiger partial charge in [-0.3, -0.25) is 4.79 Å². The quantitative estimate of drug-likeness (QED) is 0.819. The van der Waals surface area contributed by atoms with Crippen LogP contribution in [0.15, 0.2) is 18.2 Å². The highest BCUT2D eigenvalue weighted by molar-refractivity contribution is 5.99. The van der Waals surface area contributed by atoms with Crippen LogP contribution < -0.4 is 10.6 Å². The minimum Gasteiger partial charge on any atom is -0.320 e. The van der Waals surface area contributed by atoms with Crippen molar-refractivity contribution in [3.63, 3.8) is 0 Å². The van der Waals surface area contributed by atoms with Gasteiger partial charge in [0, 0.05) is 6.54 Å². The third-order valence-electron chi connectivity index (χ3n) is 2.61. The largest absolute Gasteiger partial charge is 0.320 e. The van der Waals surface area contributed by atoms with Crippen LogP contribution >= 0.6 is 12.4 Å². The number of nitrogens with zero attached hydrogens (tertiary/aromatic N) is 2. The summed E-state index contributed by atoms with van der Waals surface area (Å²) in [5.74, 6) is -0.842. The zero-order chi connectivity index (χ0) is 11.7. The lowest BCUT2D eigenvalue weighted by Gasteiger charge is -2.16. The average Bonchev–Trinajstić information content (AvgIpc) is 2.60. The van der Waals surface area contributed by atoms with Crippen molar-refractivity contribution in [1.82, 2.24) is 0 Å². The molecular weight excluding hydrogens is 245 g/mol. The predicted octanol–water partition coefficient (Wildman–Crippen LogP) is 1.18. The molecule has 1 aliphatic heterocycles. The van der Waals surface area contributed by atoms with E-state index in [2.05, 4.69) is 0 Å². The molecule has 0 aromatic heterocycles. The number of carbonyl (C=O) groups excluding carboxylic acids is 1. The summed E-state index contributed by atoms with van der Waals surface area (Å²) in [6, 6.07) is 5.32. The topological polar surface area (TPSA) is 70.1 Å². The van der Waals surface area contributed by atoms with Crippen LogP contribution in [0, 0.1) is 17.1 Å². The van der Waals surface area contributed by atoms with Crippen molar-refractivity contribution in [1.29, 1.82) is 5.26 Å². The predicted molar refractivity (Wildman–Crippen MR) is 63.3 cm³/mol. The minimum absolute atomic E-state index is 0. The van der Waals surface area contributed by atoms with Crippen molar-refractivity contribution >= 4 is 24.0 Å². The van der Waals surface area contributed by atoms with E-state index in [9.17, 15) is 9.18 Å². The van der Waals surface area contributed by atoms with Gasteiger partial charge in [-0.15, -0.1) is 12.4 Å². The standard InChI is InChI=1S/C11H10FN3O.ClH/c12-8-5-7(6-13)1-2-10(8)15-4-3-9(14)11(15)16;/h1-2,5,9H,3-4,14H2;1H/t9-;/m0./s1. The Morgan fingerprint density at radius 3 is 2.71 bits per heavy atom. The first-order chi connectivity index (χ1) is 7.63. The number of nitriles is 1. The summed E-state index contributed by atoms with van der Waals surface area (Å²) in [6.07, 6.45) is 0.526. The van der Waals surface area contributed by atoms with Crippen LogP contribution in [0.2, 0.25) is 0 Å². The van der Waals surface area contributed by atoms with Gasteiger partial charge in [-0.2, -0.15) is 5.26 Å². The molecule has 1 aromatic rings. The SMILES string of the molecule is Cl.N#Cc1ccc(N2CC[C@H](N)C2=O)c(F)c1. The molecule has 4 nitrogen and oxygen atoms in total. The summed E-state index contributed by atoms with van der Waals surface area (Å²) in [4.78, 5) is 12.9. The zero-order valence-corrected chi connectivity index (χ0v) is 9.71. The van der Waals surface area contributed by atoms with Crippen molar-refractivity contribution in [2.75, 3.05) is 11.4 Å². The molecule has 90 valence electrons. The summed E-state index contributed by atoms with van der Waals surface area (Å²) in [5.41, 5.74) is 5.97. The second-order valence-electron chi connectivity index (χ2n) is 3.66. The van der Waals surface area contributed by atoms with Crippen LogP contribution in [0.1, 0.15) is 12.0 Å². The number of halogens is 2. The Morgan fingerprint density at radius 1 is 1.53 bits per heavy atom. The van der Waals surface area contributed by atoms with Crippen LogP contribution in [0.4, 0.5) is 10.1 Å². The number of benzene rings is 1.